The fraction of sp³-hybridized carbons (Fsp3) is 0.500. The molecule has 0 fully saturated rings. The maximum atomic E-state index is 11.8. The van der Waals surface area contributed by atoms with E-state index in [0.717, 1.165) is 6.42 Å². The fourth-order valence-corrected chi connectivity index (χ4v) is 2.26. The molecule has 0 bridgehead atoms. The highest BCUT2D eigenvalue weighted by molar-refractivity contribution is 7.89. The highest BCUT2D eigenvalue weighted by Crippen LogP contribution is 2.15. The van der Waals surface area contributed by atoms with Crippen molar-refractivity contribution in [2.75, 3.05) is 12.3 Å². The summed E-state index contributed by atoms with van der Waals surface area (Å²) in [5, 5.41) is 3.93. The van der Waals surface area contributed by atoms with Gasteiger partial charge in [0.1, 0.15) is 4.90 Å². The Hall–Kier alpha value is -1.52. The molecule has 1 aromatic rings. The predicted molar refractivity (Wildman–Crippen MR) is 65.6 cm³/mol. The van der Waals surface area contributed by atoms with Gasteiger partial charge in [-0.15, -0.1) is 5.92 Å². The smallest absolute Gasteiger partial charge is 0.246 e. The zero-order valence-electron chi connectivity index (χ0n) is 9.90. The van der Waals surface area contributed by atoms with Gasteiger partial charge < -0.3 is 5.73 Å². The quantitative estimate of drug-likeness (QED) is 0.735. The molecule has 94 valence electrons. The van der Waals surface area contributed by atoms with E-state index in [1.807, 2.05) is 6.92 Å². The van der Waals surface area contributed by atoms with Crippen LogP contribution in [0.25, 0.3) is 0 Å². The van der Waals surface area contributed by atoms with Crippen molar-refractivity contribution < 1.29 is 8.42 Å². The Morgan fingerprint density at radius 2 is 2.29 bits per heavy atom. The molecule has 0 saturated carbocycles. The standard InChI is InChI=1S/C10H16N4O2S/c1-3-5-6-12-17(15,16)9-8-14(7-4-2)13-10(9)11/h8,12H,4,6-7H2,1-2H3,(H2,11,13). The largest absolute Gasteiger partial charge is 0.381 e. The van der Waals surface area contributed by atoms with Crippen LogP contribution in [0.1, 0.15) is 20.3 Å². The monoisotopic (exact) mass is 256 g/mol. The molecule has 17 heavy (non-hydrogen) atoms. The minimum absolute atomic E-state index is 0.00357. The van der Waals surface area contributed by atoms with Crippen LogP contribution >= 0.6 is 0 Å². The molecule has 0 atom stereocenters. The summed E-state index contributed by atoms with van der Waals surface area (Å²) in [6.07, 6.45) is 2.29. The summed E-state index contributed by atoms with van der Waals surface area (Å²) in [6.45, 7) is 4.31. The number of nitrogen functional groups attached to an aromatic ring is 1. The number of nitrogens with zero attached hydrogens (tertiary/aromatic N) is 2. The molecule has 0 aliphatic heterocycles. The molecule has 0 unspecified atom stereocenters. The fourth-order valence-electron chi connectivity index (χ4n) is 1.27. The third-order valence-corrected chi connectivity index (χ3v) is 3.44. The molecule has 0 saturated heterocycles. The van der Waals surface area contributed by atoms with Crippen molar-refractivity contribution in [3.63, 3.8) is 0 Å². The maximum Gasteiger partial charge on any atom is 0.246 e. The Morgan fingerprint density at radius 1 is 1.59 bits per heavy atom. The Morgan fingerprint density at radius 3 is 2.88 bits per heavy atom. The van der Waals surface area contributed by atoms with Gasteiger partial charge in [0.25, 0.3) is 0 Å². The molecule has 6 nitrogen and oxygen atoms in total. The zero-order valence-corrected chi connectivity index (χ0v) is 10.7. The normalized spacial score (nSPS) is 10.9. The van der Waals surface area contributed by atoms with Gasteiger partial charge in [-0.25, -0.2) is 8.42 Å². The molecule has 0 aliphatic carbocycles. The SMILES string of the molecule is CC#CCNS(=O)(=O)c1cn(CCC)nc1N. The summed E-state index contributed by atoms with van der Waals surface area (Å²) in [5.41, 5.74) is 5.57. The van der Waals surface area contributed by atoms with Crippen LogP contribution in [0.2, 0.25) is 0 Å². The first kappa shape index (κ1) is 13.5. The number of anilines is 1. The molecule has 0 radical (unpaired) electrons. The molecule has 7 heteroatoms. The molecule has 1 rings (SSSR count). The van der Waals surface area contributed by atoms with E-state index in [9.17, 15) is 8.42 Å². The van der Waals surface area contributed by atoms with Crippen molar-refractivity contribution >= 4 is 15.8 Å². The second-order valence-corrected chi connectivity index (χ2v) is 5.13. The molecule has 1 heterocycles. The van der Waals surface area contributed by atoms with E-state index in [1.165, 1.54) is 10.9 Å². The Labute approximate surface area is 101 Å². The van der Waals surface area contributed by atoms with Crippen LogP contribution in [0, 0.1) is 11.8 Å². The van der Waals surface area contributed by atoms with Gasteiger partial charge in [-0.2, -0.15) is 9.82 Å². The van der Waals surface area contributed by atoms with Crippen molar-refractivity contribution in [2.45, 2.75) is 31.7 Å². The minimum Gasteiger partial charge on any atom is -0.381 e. The summed E-state index contributed by atoms with van der Waals surface area (Å²) < 4.78 is 27.5. The number of rotatable bonds is 5. The molecule has 0 aromatic carbocycles. The van der Waals surface area contributed by atoms with Crippen LogP contribution < -0.4 is 10.5 Å². The van der Waals surface area contributed by atoms with Crippen LogP contribution in [0.4, 0.5) is 5.82 Å². The van der Waals surface area contributed by atoms with Crippen LogP contribution in [-0.4, -0.2) is 24.7 Å². The van der Waals surface area contributed by atoms with Crippen molar-refractivity contribution in [2.24, 2.45) is 0 Å². The second kappa shape index (κ2) is 5.70. The third-order valence-electron chi connectivity index (χ3n) is 2.02. The van der Waals surface area contributed by atoms with Gasteiger partial charge >= 0.3 is 0 Å². The first-order valence-corrected chi connectivity index (χ1v) is 6.71. The van der Waals surface area contributed by atoms with E-state index >= 15 is 0 Å². The lowest BCUT2D eigenvalue weighted by atomic mass is 10.5. The Kier molecular flexibility index (Phi) is 4.54. The lowest BCUT2D eigenvalue weighted by Crippen LogP contribution is -2.24. The predicted octanol–water partition coefficient (Wildman–Crippen LogP) is 0.177. The van der Waals surface area contributed by atoms with E-state index in [4.69, 9.17) is 5.73 Å². The van der Waals surface area contributed by atoms with Gasteiger partial charge in [0.15, 0.2) is 5.82 Å². The lowest BCUT2D eigenvalue weighted by molar-refractivity contribution is 0.583. The van der Waals surface area contributed by atoms with Gasteiger partial charge in [0, 0.05) is 12.7 Å². The number of hydrogen-bond donors (Lipinski definition) is 2. The minimum atomic E-state index is -3.62. The number of sulfonamides is 1. The molecular weight excluding hydrogens is 240 g/mol. The maximum absolute atomic E-state index is 11.8. The van der Waals surface area contributed by atoms with Gasteiger partial charge in [-0.1, -0.05) is 12.8 Å². The van der Waals surface area contributed by atoms with Crippen molar-refractivity contribution in [1.29, 1.82) is 0 Å². The average Bonchev–Trinajstić information content (AvgIpc) is 2.61. The molecule has 0 aliphatic rings. The third kappa shape index (κ3) is 3.47. The van der Waals surface area contributed by atoms with Gasteiger partial charge in [0.2, 0.25) is 10.0 Å². The summed E-state index contributed by atoms with van der Waals surface area (Å²) in [7, 11) is -3.62. The molecular formula is C10H16N4O2S. The van der Waals surface area contributed by atoms with Crippen LogP contribution in [-0.2, 0) is 16.6 Å². The van der Waals surface area contributed by atoms with Crippen LogP contribution in [0.15, 0.2) is 11.1 Å². The second-order valence-electron chi connectivity index (χ2n) is 3.39. The topological polar surface area (TPSA) is 90.0 Å². The molecule has 0 amide bonds. The lowest BCUT2D eigenvalue weighted by Gasteiger charge is -2.00. The van der Waals surface area contributed by atoms with Crippen molar-refractivity contribution in [3.8, 4) is 11.8 Å². The summed E-state index contributed by atoms with van der Waals surface area (Å²) in [6, 6.07) is 0. The Bertz CT molecular complexity index is 536. The molecule has 3 N–H and O–H groups in total. The van der Waals surface area contributed by atoms with E-state index in [2.05, 4.69) is 21.7 Å². The van der Waals surface area contributed by atoms with E-state index < -0.39 is 10.0 Å². The average molecular weight is 256 g/mol. The van der Waals surface area contributed by atoms with E-state index in [0.29, 0.717) is 6.54 Å². The van der Waals surface area contributed by atoms with Gasteiger partial charge in [-0.3, -0.25) is 4.68 Å². The number of aryl methyl sites for hydroxylation is 1. The molecule has 1 aromatic heterocycles. The van der Waals surface area contributed by atoms with Crippen molar-refractivity contribution in [1.82, 2.24) is 14.5 Å². The summed E-state index contributed by atoms with van der Waals surface area (Å²) in [4.78, 5) is 0.00357. The number of nitrogens with one attached hydrogen (secondary N) is 1. The zero-order chi connectivity index (χ0) is 12.9. The van der Waals surface area contributed by atoms with E-state index in [1.54, 1.807) is 6.92 Å². The summed E-state index contributed by atoms with van der Waals surface area (Å²) >= 11 is 0. The van der Waals surface area contributed by atoms with Gasteiger partial charge in [0.05, 0.1) is 6.54 Å². The van der Waals surface area contributed by atoms with E-state index in [-0.39, 0.29) is 17.3 Å². The van der Waals surface area contributed by atoms with Crippen LogP contribution in [0.3, 0.4) is 0 Å². The highest BCUT2D eigenvalue weighted by Gasteiger charge is 2.20. The summed E-state index contributed by atoms with van der Waals surface area (Å²) in [5.74, 6) is 5.23. The molecule has 0 spiro atoms. The Balaban J connectivity index is 2.93. The first-order valence-electron chi connectivity index (χ1n) is 5.23. The van der Waals surface area contributed by atoms with Crippen molar-refractivity contribution in [3.05, 3.63) is 6.20 Å². The van der Waals surface area contributed by atoms with Crippen LogP contribution in [0.5, 0.6) is 0 Å². The number of aromatic nitrogens is 2. The first-order chi connectivity index (χ1) is 8.01. The number of hydrogen-bond acceptors (Lipinski definition) is 4. The number of nitrogens with two attached hydrogens (primary N) is 1. The highest BCUT2D eigenvalue weighted by atomic mass is 32.2. The van der Waals surface area contributed by atoms with Gasteiger partial charge in [-0.05, 0) is 13.3 Å².